The largest absolute Gasteiger partial charge is 0.381 e. The SMILES string of the molecule is c1cn(CC2CCOC2)c(NC2CCCCC2)n1. The van der Waals surface area contributed by atoms with Gasteiger partial charge in [0.1, 0.15) is 0 Å². The lowest BCUT2D eigenvalue weighted by Gasteiger charge is -2.24. The maximum Gasteiger partial charge on any atom is 0.202 e. The highest BCUT2D eigenvalue weighted by Gasteiger charge is 2.19. The fraction of sp³-hybridized carbons (Fsp3) is 0.786. The van der Waals surface area contributed by atoms with Crippen LogP contribution in [0, 0.1) is 5.92 Å². The van der Waals surface area contributed by atoms with Gasteiger partial charge in [-0.1, -0.05) is 19.3 Å². The van der Waals surface area contributed by atoms with Crippen LogP contribution >= 0.6 is 0 Å². The number of ether oxygens (including phenoxy) is 1. The molecule has 1 saturated heterocycles. The molecule has 2 aliphatic rings. The van der Waals surface area contributed by atoms with E-state index in [-0.39, 0.29) is 0 Å². The molecule has 3 rings (SSSR count). The first-order valence-corrected chi connectivity index (χ1v) is 7.27. The van der Waals surface area contributed by atoms with Crippen molar-refractivity contribution in [2.24, 2.45) is 5.92 Å². The smallest absolute Gasteiger partial charge is 0.202 e. The van der Waals surface area contributed by atoms with Crippen molar-refractivity contribution in [2.75, 3.05) is 18.5 Å². The van der Waals surface area contributed by atoms with Crippen molar-refractivity contribution < 1.29 is 4.74 Å². The summed E-state index contributed by atoms with van der Waals surface area (Å²) in [5.41, 5.74) is 0. The molecule has 0 radical (unpaired) electrons. The second-order valence-electron chi connectivity index (χ2n) is 5.61. The molecule has 0 spiro atoms. The second kappa shape index (κ2) is 5.74. The lowest BCUT2D eigenvalue weighted by atomic mass is 9.96. The maximum atomic E-state index is 5.44. The van der Waals surface area contributed by atoms with Gasteiger partial charge >= 0.3 is 0 Å². The number of nitrogens with zero attached hydrogens (tertiary/aromatic N) is 2. The van der Waals surface area contributed by atoms with Crippen molar-refractivity contribution >= 4 is 5.95 Å². The van der Waals surface area contributed by atoms with E-state index in [9.17, 15) is 0 Å². The van der Waals surface area contributed by atoms with Gasteiger partial charge in [0.2, 0.25) is 5.95 Å². The molecule has 1 atom stereocenters. The van der Waals surface area contributed by atoms with Crippen molar-refractivity contribution in [1.82, 2.24) is 9.55 Å². The summed E-state index contributed by atoms with van der Waals surface area (Å²) in [6.07, 6.45) is 11.9. The van der Waals surface area contributed by atoms with Crippen LogP contribution in [0.5, 0.6) is 0 Å². The summed E-state index contributed by atoms with van der Waals surface area (Å²) >= 11 is 0. The third-order valence-corrected chi connectivity index (χ3v) is 4.13. The first kappa shape index (κ1) is 12.0. The van der Waals surface area contributed by atoms with Crippen LogP contribution in [-0.2, 0) is 11.3 Å². The Bertz CT molecular complexity index is 365. The van der Waals surface area contributed by atoms with Crippen LogP contribution in [0.3, 0.4) is 0 Å². The van der Waals surface area contributed by atoms with Gasteiger partial charge in [0, 0.05) is 37.5 Å². The Balaban J connectivity index is 1.59. The zero-order valence-corrected chi connectivity index (χ0v) is 11.0. The van der Waals surface area contributed by atoms with Crippen molar-refractivity contribution in [2.45, 2.75) is 51.1 Å². The van der Waals surface area contributed by atoms with Crippen LogP contribution in [0.15, 0.2) is 12.4 Å². The highest BCUT2D eigenvalue weighted by molar-refractivity contribution is 5.27. The number of rotatable bonds is 4. The number of anilines is 1. The zero-order valence-electron chi connectivity index (χ0n) is 11.0. The molecule has 2 fully saturated rings. The lowest BCUT2D eigenvalue weighted by Crippen LogP contribution is -2.25. The molecule has 0 bridgehead atoms. The fourth-order valence-corrected chi connectivity index (χ4v) is 3.03. The first-order valence-electron chi connectivity index (χ1n) is 7.27. The summed E-state index contributed by atoms with van der Waals surface area (Å²) < 4.78 is 7.70. The van der Waals surface area contributed by atoms with E-state index >= 15 is 0 Å². The van der Waals surface area contributed by atoms with E-state index in [2.05, 4.69) is 21.1 Å². The van der Waals surface area contributed by atoms with Gasteiger partial charge < -0.3 is 14.6 Å². The summed E-state index contributed by atoms with van der Waals surface area (Å²) in [5, 5.41) is 3.61. The van der Waals surface area contributed by atoms with Crippen molar-refractivity contribution in [3.63, 3.8) is 0 Å². The van der Waals surface area contributed by atoms with Crippen LogP contribution in [0.1, 0.15) is 38.5 Å². The molecule has 1 aromatic heterocycles. The van der Waals surface area contributed by atoms with Gasteiger partial charge in [-0.25, -0.2) is 4.98 Å². The topological polar surface area (TPSA) is 39.1 Å². The molecule has 1 N–H and O–H groups in total. The van der Waals surface area contributed by atoms with Crippen LogP contribution in [0.25, 0.3) is 0 Å². The predicted molar refractivity (Wildman–Crippen MR) is 71.6 cm³/mol. The number of imidazole rings is 1. The number of aromatic nitrogens is 2. The number of hydrogen-bond donors (Lipinski definition) is 1. The Morgan fingerprint density at radius 1 is 1.28 bits per heavy atom. The average molecular weight is 249 g/mol. The first-order chi connectivity index (χ1) is 8.92. The van der Waals surface area contributed by atoms with Crippen LogP contribution in [0.2, 0.25) is 0 Å². The molecule has 4 heteroatoms. The minimum atomic E-state index is 0.625. The summed E-state index contributed by atoms with van der Waals surface area (Å²) in [6.45, 7) is 2.86. The molecule has 100 valence electrons. The highest BCUT2D eigenvalue weighted by Crippen LogP contribution is 2.22. The van der Waals surface area contributed by atoms with E-state index in [1.54, 1.807) is 0 Å². The summed E-state index contributed by atoms with van der Waals surface area (Å²) in [6, 6.07) is 0.625. The molecule has 2 heterocycles. The molecule has 1 aromatic rings. The molecule has 1 aliphatic carbocycles. The van der Waals surface area contributed by atoms with E-state index in [0.29, 0.717) is 12.0 Å². The Morgan fingerprint density at radius 2 is 2.17 bits per heavy atom. The van der Waals surface area contributed by atoms with E-state index in [0.717, 1.165) is 25.7 Å². The standard InChI is InChI=1S/C14H23N3O/c1-2-4-13(5-3-1)16-14-15-7-8-17(14)10-12-6-9-18-11-12/h7-8,12-13H,1-6,9-11H2,(H,15,16). The van der Waals surface area contributed by atoms with E-state index in [4.69, 9.17) is 4.74 Å². The third-order valence-electron chi connectivity index (χ3n) is 4.13. The Morgan fingerprint density at radius 3 is 2.94 bits per heavy atom. The van der Waals surface area contributed by atoms with Gasteiger partial charge in [-0.3, -0.25) is 0 Å². The van der Waals surface area contributed by atoms with E-state index in [1.807, 2.05) is 6.20 Å². The Labute approximate surface area is 109 Å². The molecule has 18 heavy (non-hydrogen) atoms. The van der Waals surface area contributed by atoms with Gasteiger partial charge in [-0.2, -0.15) is 0 Å². The van der Waals surface area contributed by atoms with Gasteiger partial charge in [-0.15, -0.1) is 0 Å². The normalized spacial score (nSPS) is 25.4. The average Bonchev–Trinajstić information content (AvgIpc) is 3.04. The minimum absolute atomic E-state index is 0.625. The van der Waals surface area contributed by atoms with Gasteiger partial charge in [0.15, 0.2) is 0 Å². The van der Waals surface area contributed by atoms with Crippen molar-refractivity contribution in [3.8, 4) is 0 Å². The van der Waals surface area contributed by atoms with E-state index < -0.39 is 0 Å². The zero-order chi connectivity index (χ0) is 12.2. The molecule has 0 amide bonds. The number of hydrogen-bond acceptors (Lipinski definition) is 3. The lowest BCUT2D eigenvalue weighted by molar-refractivity contribution is 0.182. The molecule has 4 nitrogen and oxygen atoms in total. The molecule has 1 aliphatic heterocycles. The molecular weight excluding hydrogens is 226 g/mol. The minimum Gasteiger partial charge on any atom is -0.381 e. The van der Waals surface area contributed by atoms with Crippen LogP contribution < -0.4 is 5.32 Å². The quantitative estimate of drug-likeness (QED) is 0.891. The van der Waals surface area contributed by atoms with Gasteiger partial charge in [0.05, 0.1) is 6.61 Å². The summed E-state index contributed by atoms with van der Waals surface area (Å²) in [5.74, 6) is 1.71. The monoisotopic (exact) mass is 249 g/mol. The molecule has 1 unspecified atom stereocenters. The fourth-order valence-electron chi connectivity index (χ4n) is 3.03. The Hall–Kier alpha value is -1.03. The van der Waals surface area contributed by atoms with Gasteiger partial charge in [-0.05, 0) is 19.3 Å². The van der Waals surface area contributed by atoms with Crippen LogP contribution in [0.4, 0.5) is 5.95 Å². The maximum absolute atomic E-state index is 5.44. The van der Waals surface area contributed by atoms with Crippen molar-refractivity contribution in [3.05, 3.63) is 12.4 Å². The summed E-state index contributed by atoms with van der Waals surface area (Å²) in [4.78, 5) is 4.46. The molecule has 1 saturated carbocycles. The van der Waals surface area contributed by atoms with Gasteiger partial charge in [0.25, 0.3) is 0 Å². The summed E-state index contributed by atoms with van der Waals surface area (Å²) in [7, 11) is 0. The number of nitrogens with one attached hydrogen (secondary N) is 1. The van der Waals surface area contributed by atoms with Crippen molar-refractivity contribution in [1.29, 1.82) is 0 Å². The molecular formula is C14H23N3O. The molecule has 0 aromatic carbocycles. The highest BCUT2D eigenvalue weighted by atomic mass is 16.5. The second-order valence-corrected chi connectivity index (χ2v) is 5.61. The third kappa shape index (κ3) is 2.86. The Kier molecular flexibility index (Phi) is 3.84. The predicted octanol–water partition coefficient (Wildman–Crippen LogP) is 2.66. The van der Waals surface area contributed by atoms with Crippen LogP contribution in [-0.4, -0.2) is 28.8 Å². The van der Waals surface area contributed by atoms with E-state index in [1.165, 1.54) is 38.5 Å².